The normalized spacial score (nSPS) is 32.2. The zero-order valence-corrected chi connectivity index (χ0v) is 56.7. The van der Waals surface area contributed by atoms with E-state index in [1.165, 1.54) is 24.2 Å². The molecule has 4 aromatic carbocycles. The summed E-state index contributed by atoms with van der Waals surface area (Å²) in [6, 6.07) is 45.6. The van der Waals surface area contributed by atoms with Crippen LogP contribution in [0.3, 0.4) is 0 Å². The summed E-state index contributed by atoms with van der Waals surface area (Å²) in [5.74, 6) is 0. The van der Waals surface area contributed by atoms with E-state index in [9.17, 15) is 0 Å². The molecule has 2 aliphatic rings. The Balaban J connectivity index is 0.000000254. The molecule has 0 aromatic heterocycles. The van der Waals surface area contributed by atoms with Crippen LogP contribution in [0.15, 0.2) is 97.1 Å². The van der Waals surface area contributed by atoms with Crippen LogP contribution in [0.1, 0.15) is 111 Å². The van der Waals surface area contributed by atoms with Crippen molar-refractivity contribution < 1.29 is 0 Å². The smallest absolute Gasteiger partial charge is 0.0667 e. The Morgan fingerprint density at radius 2 is 0.353 bits per heavy atom. The second-order valence-electron chi connectivity index (χ2n) is 26.9. The Morgan fingerprint density at radius 3 is 0.471 bits per heavy atom. The van der Waals surface area contributed by atoms with Crippen molar-refractivity contribution in [3.63, 3.8) is 0 Å². The monoisotopic (exact) mass is 1050 g/mol. The molecule has 0 radical (unpaired) electrons. The highest BCUT2D eigenvalue weighted by atomic mass is 29.3. The van der Waals surface area contributed by atoms with Crippen molar-refractivity contribution in [1.82, 2.24) is 0 Å². The number of hydrogen-bond acceptors (Lipinski definition) is 0. The van der Waals surface area contributed by atoms with E-state index < -0.39 is 62.7 Å². The summed E-state index contributed by atoms with van der Waals surface area (Å²) in [6.45, 7) is 63.3. The second kappa shape index (κ2) is 20.9. The Kier molecular flexibility index (Phi) is 17.6. The number of rotatable bonds is 8. The van der Waals surface area contributed by atoms with E-state index in [1.807, 2.05) is 41.5 Å². The fraction of sp³-hybridized carbons (Fsp3) is 0.600. The quantitative estimate of drug-likeness (QED) is 0.154. The molecule has 8 atom stereocenters. The highest BCUT2D eigenvalue weighted by molar-refractivity contribution is 7.53. The summed E-state index contributed by atoms with van der Waals surface area (Å²) in [5.41, 5.74) is 6.01. The van der Waals surface area contributed by atoms with Crippen LogP contribution in [0.2, 0.25) is 121 Å². The van der Waals surface area contributed by atoms with E-state index in [-0.39, 0.29) is 0 Å². The van der Waals surface area contributed by atoms with Crippen molar-refractivity contribution in [3.8, 4) is 0 Å². The molecule has 2 aliphatic heterocycles. The van der Waals surface area contributed by atoms with E-state index in [1.54, 1.807) is 0 Å². The molecule has 2 heterocycles. The van der Waals surface area contributed by atoms with Crippen molar-refractivity contribution in [2.45, 2.75) is 232 Å². The average molecular weight is 1050 g/mol. The molecule has 0 nitrogen and oxygen atoms in total. The largest absolute Gasteiger partial charge is 0.0857 e. The highest BCUT2D eigenvalue weighted by Gasteiger charge is 2.60. The van der Waals surface area contributed by atoms with Crippen molar-refractivity contribution >= 4 is 104 Å². The number of benzene rings is 4. The lowest BCUT2D eigenvalue weighted by Gasteiger charge is -2.54. The molecular formula is C60H104Si8. The molecule has 0 N–H and O–H groups in total. The molecule has 376 valence electrons. The van der Waals surface area contributed by atoms with Crippen LogP contribution in [0.5, 0.6) is 0 Å². The number of fused-ring (bicyclic) bond motifs is 4. The Hall–Kier alpha value is -1.38. The summed E-state index contributed by atoms with van der Waals surface area (Å²) in [4.78, 5) is 0. The van der Waals surface area contributed by atoms with Crippen LogP contribution >= 0.6 is 0 Å². The summed E-state index contributed by atoms with van der Waals surface area (Å²) in [5, 5.41) is 14.7. The van der Waals surface area contributed by atoms with Crippen LogP contribution < -0.4 is 41.5 Å². The van der Waals surface area contributed by atoms with Gasteiger partial charge in [0.1, 0.15) is 0 Å². The molecular weight excluding hydrogens is 945 g/mol. The van der Waals surface area contributed by atoms with Gasteiger partial charge in [0.15, 0.2) is 0 Å². The fourth-order valence-electron chi connectivity index (χ4n) is 14.5. The Labute approximate surface area is 429 Å². The lowest BCUT2D eigenvalue weighted by molar-refractivity contribution is 0.970. The molecule has 4 aromatic rings. The van der Waals surface area contributed by atoms with Gasteiger partial charge in [0.25, 0.3) is 0 Å². The maximum absolute atomic E-state index is 2.82. The van der Waals surface area contributed by atoms with Crippen molar-refractivity contribution in [2.24, 2.45) is 0 Å². The van der Waals surface area contributed by atoms with Gasteiger partial charge in [-0.2, -0.15) is 0 Å². The van der Waals surface area contributed by atoms with Crippen molar-refractivity contribution in [2.75, 3.05) is 0 Å². The van der Waals surface area contributed by atoms with Crippen molar-refractivity contribution in [3.05, 3.63) is 97.1 Å². The van der Waals surface area contributed by atoms with Gasteiger partial charge in [0, 0.05) is 0 Å². The van der Waals surface area contributed by atoms with Crippen LogP contribution in [0, 0.1) is 0 Å². The zero-order chi connectivity index (χ0) is 51.4. The Morgan fingerprint density at radius 1 is 0.221 bits per heavy atom. The predicted molar refractivity (Wildman–Crippen MR) is 336 cm³/mol. The standard InChI is InChI=1S/2C30H52Si4/c2*1-23(2)31(9)21-22-32(10,24(3)4)28-18-14-16-20-30(28)34(12,26(7)8)33(11,25(5)6)29-19-15-13-17-27(29)31/h2*13-20,23-26H,21-22H2,1-12H3/t2*31-,32+,33-,34+. The molecule has 0 fully saturated rings. The molecule has 0 saturated carbocycles. The molecule has 0 bridgehead atoms. The maximum atomic E-state index is 2.82. The molecule has 68 heavy (non-hydrogen) atoms. The average Bonchev–Trinajstić information content (AvgIpc) is 3.30. The van der Waals surface area contributed by atoms with E-state index in [0.717, 1.165) is 44.3 Å². The van der Waals surface area contributed by atoms with Crippen LogP contribution in [-0.2, 0) is 0 Å². The molecule has 0 unspecified atom stereocenters. The fourth-order valence-corrected chi connectivity index (χ4v) is 79.0. The molecule has 0 aliphatic carbocycles. The van der Waals surface area contributed by atoms with Gasteiger partial charge in [-0.05, 0) is 44.3 Å². The van der Waals surface area contributed by atoms with E-state index >= 15 is 0 Å². The van der Waals surface area contributed by atoms with Gasteiger partial charge in [0.2, 0.25) is 0 Å². The van der Waals surface area contributed by atoms with E-state index in [4.69, 9.17) is 0 Å². The second-order valence-corrected chi connectivity index (χ2v) is 75.9. The van der Waals surface area contributed by atoms with Gasteiger partial charge in [-0.25, -0.2) is 0 Å². The molecule has 0 saturated heterocycles. The summed E-state index contributed by atoms with van der Waals surface area (Å²) in [6.07, 6.45) is 0. The summed E-state index contributed by atoms with van der Waals surface area (Å²) in [7, 11) is -14.2. The minimum absolute atomic E-state index is 0.734. The topological polar surface area (TPSA) is 0 Å². The summed E-state index contributed by atoms with van der Waals surface area (Å²) < 4.78 is 0. The highest BCUT2D eigenvalue weighted by Crippen LogP contribution is 2.43. The lowest BCUT2D eigenvalue weighted by atomic mass is 10.4. The van der Waals surface area contributed by atoms with Crippen LogP contribution in [0.4, 0.5) is 0 Å². The first-order valence-corrected chi connectivity index (χ1v) is 51.2. The van der Waals surface area contributed by atoms with Crippen molar-refractivity contribution in [1.29, 1.82) is 0 Å². The molecule has 0 amide bonds. The van der Waals surface area contributed by atoms with Gasteiger partial charge in [-0.1, -0.05) is 326 Å². The van der Waals surface area contributed by atoms with E-state index in [2.05, 4.69) is 260 Å². The van der Waals surface area contributed by atoms with Gasteiger partial charge in [-0.15, -0.1) is 0 Å². The predicted octanol–water partition coefficient (Wildman–Crippen LogP) is 14.5. The van der Waals surface area contributed by atoms with Gasteiger partial charge in [-0.3, -0.25) is 0 Å². The minimum Gasteiger partial charge on any atom is -0.0667 e. The van der Waals surface area contributed by atoms with Gasteiger partial charge in [0.05, 0.1) is 62.7 Å². The van der Waals surface area contributed by atoms with E-state index in [0.29, 0.717) is 0 Å². The third-order valence-electron chi connectivity index (χ3n) is 22.6. The first-order chi connectivity index (χ1) is 31.4. The molecule has 8 heteroatoms. The Bertz CT molecular complexity index is 2020. The minimum atomic E-state index is -1.88. The first-order valence-electron chi connectivity index (χ1n) is 27.8. The maximum Gasteiger partial charge on any atom is 0.0857 e. The zero-order valence-electron chi connectivity index (χ0n) is 48.7. The lowest BCUT2D eigenvalue weighted by Crippen LogP contribution is -2.82. The molecule has 0 spiro atoms. The third kappa shape index (κ3) is 8.98. The third-order valence-corrected chi connectivity index (χ3v) is 89.5. The number of hydrogen-bond donors (Lipinski definition) is 0. The SMILES string of the molecule is CC(C)[Si@@]1(C)CC[Si@@](C)(C(C)C)c2ccccc2[Si@](C)(C(C)C)[Si@](C)(C(C)C)c2ccccc21.CC(C)[Si@@]1(C)CC[Si@@](C)(C(C)C)c2ccccc2[Si@](C)(C(C)C)[Si@](C)(C(C)C)c2ccccc21. The van der Waals surface area contributed by atoms with Gasteiger partial charge >= 0.3 is 0 Å². The summed E-state index contributed by atoms with van der Waals surface area (Å²) >= 11 is 0. The first kappa shape index (κ1) is 57.5. The molecule has 6 rings (SSSR count). The van der Waals surface area contributed by atoms with Gasteiger partial charge < -0.3 is 0 Å². The van der Waals surface area contributed by atoms with Crippen LogP contribution in [-0.4, -0.2) is 62.7 Å². The van der Waals surface area contributed by atoms with Crippen LogP contribution in [0.25, 0.3) is 0 Å².